The van der Waals surface area contributed by atoms with Crippen molar-refractivity contribution in [2.24, 2.45) is 0 Å². The van der Waals surface area contributed by atoms with Crippen LogP contribution in [-0.2, 0) is 0 Å². The second kappa shape index (κ2) is 14.8. The van der Waals surface area contributed by atoms with Gasteiger partial charge in [0.1, 0.15) is 0 Å². The first-order chi connectivity index (χ1) is 10.0. The fourth-order valence-electron chi connectivity index (χ4n) is 0.907. The van der Waals surface area contributed by atoms with E-state index in [1.54, 1.807) is 22.7 Å². The molecule has 4 aromatic heterocycles. The fourth-order valence-corrected chi connectivity index (χ4v) is 3.72. The van der Waals surface area contributed by atoms with Crippen LogP contribution >= 0.6 is 22.7 Å². The maximum atomic E-state index is 2.19. The van der Waals surface area contributed by atoms with Gasteiger partial charge in [0, 0.05) is 0 Å². The molecule has 4 aromatic rings. The molecule has 0 aliphatic carbocycles. The van der Waals surface area contributed by atoms with E-state index >= 15 is 0 Å². The van der Waals surface area contributed by atoms with E-state index in [4.69, 9.17) is 0 Å². The predicted molar refractivity (Wildman–Crippen MR) is 95.4 cm³/mol. The molecular weight excluding hydrogens is 414 g/mol. The summed E-state index contributed by atoms with van der Waals surface area (Å²) in [6, 6.07) is 16.4. The van der Waals surface area contributed by atoms with Crippen LogP contribution in [0.1, 0.15) is 0 Å². The Hall–Kier alpha value is -0.601. The monoisotopic (exact) mass is 432 g/mol. The van der Waals surface area contributed by atoms with Crippen molar-refractivity contribution in [3.05, 3.63) is 89.8 Å². The summed E-state index contributed by atoms with van der Waals surface area (Å²) in [5.74, 6) is 0. The van der Waals surface area contributed by atoms with Crippen LogP contribution in [0.3, 0.4) is 0 Å². The Labute approximate surface area is 140 Å². The van der Waals surface area contributed by atoms with E-state index in [1.165, 1.54) is 0 Å². The second-order valence-corrected chi connectivity index (χ2v) is 8.23. The van der Waals surface area contributed by atoms with E-state index < -0.39 is 0 Å². The normalized spacial score (nSPS) is 8.00. The van der Waals surface area contributed by atoms with Crippen LogP contribution in [0.2, 0.25) is 0 Å². The summed E-state index contributed by atoms with van der Waals surface area (Å²) in [6.45, 7) is 0. The van der Waals surface area contributed by atoms with Crippen LogP contribution < -0.4 is 0 Å². The maximum absolute atomic E-state index is 2.19. The van der Waals surface area contributed by atoms with Crippen molar-refractivity contribution in [2.45, 2.75) is 0 Å². The van der Waals surface area contributed by atoms with Gasteiger partial charge >= 0.3 is 73.0 Å². The molecule has 0 atom stereocenters. The van der Waals surface area contributed by atoms with Gasteiger partial charge in [-0.25, -0.2) is 0 Å². The Morgan fingerprint density at radius 2 is 0.700 bits per heavy atom. The molecular formula is C16H16S2Se2. The molecule has 0 saturated carbocycles. The second-order valence-electron chi connectivity index (χ2n) is 3.17. The van der Waals surface area contributed by atoms with E-state index in [-0.39, 0.29) is 0 Å². The molecule has 0 unspecified atom stereocenters. The summed E-state index contributed by atoms with van der Waals surface area (Å²) >= 11 is 4.84. The van der Waals surface area contributed by atoms with Crippen LogP contribution in [0.5, 0.6) is 0 Å². The third kappa shape index (κ3) is 12.4. The van der Waals surface area contributed by atoms with Gasteiger partial charge in [0.15, 0.2) is 0 Å². The summed E-state index contributed by atoms with van der Waals surface area (Å²) in [4.78, 5) is 8.75. The Morgan fingerprint density at radius 1 is 0.400 bits per heavy atom. The molecule has 0 nitrogen and oxygen atoms in total. The molecule has 104 valence electrons. The van der Waals surface area contributed by atoms with Crippen LogP contribution in [0.4, 0.5) is 0 Å². The summed E-state index contributed by atoms with van der Waals surface area (Å²) < 4.78 is 0. The summed E-state index contributed by atoms with van der Waals surface area (Å²) in [6.07, 6.45) is 0. The average Bonchev–Trinajstić information content (AvgIpc) is 3.40. The number of hydrogen-bond acceptors (Lipinski definition) is 2. The molecule has 0 aromatic carbocycles. The van der Waals surface area contributed by atoms with Gasteiger partial charge in [-0.1, -0.05) is 24.3 Å². The Morgan fingerprint density at radius 3 is 0.800 bits per heavy atom. The first-order valence-electron chi connectivity index (χ1n) is 5.89. The number of rotatable bonds is 0. The molecule has 4 heteroatoms. The molecule has 4 heterocycles. The zero-order chi connectivity index (χ0) is 14.1. The van der Waals surface area contributed by atoms with Gasteiger partial charge in [0.05, 0.1) is 0 Å². The van der Waals surface area contributed by atoms with E-state index in [2.05, 4.69) is 44.0 Å². The van der Waals surface area contributed by atoms with Gasteiger partial charge in [-0.05, 0) is 21.5 Å². The number of thiophene rings is 2. The van der Waals surface area contributed by atoms with Gasteiger partial charge in [-0.3, -0.25) is 0 Å². The Balaban J connectivity index is 0.000000133. The zero-order valence-electron chi connectivity index (χ0n) is 10.9. The van der Waals surface area contributed by atoms with Gasteiger partial charge in [0.25, 0.3) is 0 Å². The minimum Gasteiger partial charge on any atom is -0.152 e. The van der Waals surface area contributed by atoms with Crippen LogP contribution in [0, 0.1) is 0 Å². The molecule has 0 aliphatic rings. The zero-order valence-corrected chi connectivity index (χ0v) is 15.9. The molecule has 4 rings (SSSR count). The van der Waals surface area contributed by atoms with Gasteiger partial charge < -0.3 is 0 Å². The Kier molecular flexibility index (Phi) is 12.9. The summed E-state index contributed by atoms with van der Waals surface area (Å²) in [7, 11) is 0. The first-order valence-corrected chi connectivity index (χ1v) is 11.7. The Bertz CT molecular complexity index is 349. The molecule has 20 heavy (non-hydrogen) atoms. The molecule has 0 radical (unpaired) electrons. The van der Waals surface area contributed by atoms with Crippen molar-refractivity contribution in [3.63, 3.8) is 0 Å². The largest absolute Gasteiger partial charge is 0.152 e. The summed E-state index contributed by atoms with van der Waals surface area (Å²) in [5.41, 5.74) is 0. The maximum Gasteiger partial charge on any atom is -0.00934 e. The van der Waals surface area contributed by atoms with Gasteiger partial charge in [0.2, 0.25) is 0 Å². The van der Waals surface area contributed by atoms with Crippen LogP contribution in [-0.4, -0.2) is 29.0 Å². The van der Waals surface area contributed by atoms with Crippen LogP contribution in [0.25, 0.3) is 0 Å². The van der Waals surface area contributed by atoms with Gasteiger partial charge in [-0.2, -0.15) is 22.7 Å². The minimum atomic E-state index is 0.708. The topological polar surface area (TPSA) is 0 Å². The van der Waals surface area contributed by atoms with Crippen molar-refractivity contribution in [3.8, 4) is 0 Å². The molecule has 0 fully saturated rings. The van der Waals surface area contributed by atoms with E-state index in [0.717, 1.165) is 0 Å². The standard InChI is InChI=1S/2C4H4S.2C4H4Se/c4*1-2-4-5-3-1/h4*1-4H. The molecule has 0 aliphatic heterocycles. The minimum absolute atomic E-state index is 0.708. The molecule has 0 amide bonds. The van der Waals surface area contributed by atoms with Crippen molar-refractivity contribution >= 4 is 51.7 Å². The third-order valence-corrected chi connectivity index (χ3v) is 5.60. The third-order valence-electron chi connectivity index (χ3n) is 1.70. The van der Waals surface area contributed by atoms with Crippen molar-refractivity contribution in [1.82, 2.24) is 0 Å². The molecule has 0 saturated heterocycles. The van der Waals surface area contributed by atoms with Crippen molar-refractivity contribution in [1.29, 1.82) is 0 Å². The predicted octanol–water partition coefficient (Wildman–Crippen LogP) is 4.98. The fraction of sp³-hybridized carbons (Fsp3) is 0. The SMILES string of the molecule is c1cc[se]c1.c1cc[se]c1.c1ccsc1.c1ccsc1. The molecule has 0 N–H and O–H groups in total. The van der Waals surface area contributed by atoms with E-state index in [9.17, 15) is 0 Å². The quantitative estimate of drug-likeness (QED) is 0.345. The van der Waals surface area contributed by atoms with E-state index in [0.29, 0.717) is 29.0 Å². The van der Waals surface area contributed by atoms with E-state index in [1.807, 2.05) is 45.8 Å². The summed E-state index contributed by atoms with van der Waals surface area (Å²) in [5, 5.41) is 8.17. The number of hydrogen-bond donors (Lipinski definition) is 0. The van der Waals surface area contributed by atoms with Crippen molar-refractivity contribution < 1.29 is 0 Å². The van der Waals surface area contributed by atoms with Crippen molar-refractivity contribution in [2.75, 3.05) is 0 Å². The molecule has 0 bridgehead atoms. The van der Waals surface area contributed by atoms with Crippen LogP contribution in [0.15, 0.2) is 89.8 Å². The first kappa shape index (κ1) is 17.5. The van der Waals surface area contributed by atoms with Gasteiger partial charge in [-0.15, -0.1) is 0 Å². The molecule has 0 spiro atoms. The smallest absolute Gasteiger partial charge is 0.00934 e. The average molecular weight is 430 g/mol.